The molecule has 1 atom stereocenters. The molecule has 0 saturated carbocycles. The quantitative estimate of drug-likeness (QED) is 0.623. The van der Waals surface area contributed by atoms with Gasteiger partial charge in [0.05, 0.1) is 11.8 Å². The molecule has 3 heterocycles. The average Bonchev–Trinajstić information content (AvgIpc) is 3.18. The molecule has 0 spiro atoms. The van der Waals surface area contributed by atoms with E-state index < -0.39 is 0 Å². The lowest BCUT2D eigenvalue weighted by Gasteiger charge is -2.20. The number of nitrogens with one attached hydrogen (secondary N) is 2. The molecule has 2 N–H and O–H groups in total. The molecule has 0 radical (unpaired) electrons. The summed E-state index contributed by atoms with van der Waals surface area (Å²) in [5.41, 5.74) is 3.54. The molecule has 7 nitrogen and oxygen atoms in total. The van der Waals surface area contributed by atoms with Gasteiger partial charge in [-0.05, 0) is 51.3 Å². The number of aromatic nitrogens is 3. The topological polar surface area (TPSA) is 80.6 Å². The number of aromatic amines is 1. The fraction of sp³-hybridized carbons (Fsp3) is 0.478. The third-order valence-electron chi connectivity index (χ3n) is 5.50. The second-order valence-electron chi connectivity index (χ2n) is 8.22. The summed E-state index contributed by atoms with van der Waals surface area (Å²) >= 11 is 0. The van der Waals surface area contributed by atoms with E-state index in [2.05, 4.69) is 22.5 Å². The van der Waals surface area contributed by atoms with Crippen LogP contribution in [0.25, 0.3) is 5.65 Å². The smallest absolute Gasteiger partial charge is 0.272 e. The molecule has 0 amide bonds. The van der Waals surface area contributed by atoms with Crippen molar-refractivity contribution in [3.63, 3.8) is 0 Å². The van der Waals surface area contributed by atoms with Crippen molar-refractivity contribution < 1.29 is 9.47 Å². The van der Waals surface area contributed by atoms with Gasteiger partial charge in [-0.2, -0.15) is 0 Å². The van der Waals surface area contributed by atoms with E-state index in [1.54, 1.807) is 6.07 Å². The molecule has 4 rings (SSSR count). The Balaban J connectivity index is 1.45. The Hall–Kier alpha value is -2.64. The summed E-state index contributed by atoms with van der Waals surface area (Å²) in [6.07, 6.45) is 2.09. The molecule has 3 aromatic rings. The van der Waals surface area contributed by atoms with Crippen molar-refractivity contribution in [1.29, 1.82) is 0 Å². The number of nitrogens with zero attached hydrogens (tertiary/aromatic N) is 2. The highest BCUT2D eigenvalue weighted by atomic mass is 16.5. The predicted octanol–water partition coefficient (Wildman–Crippen LogP) is 3.55. The highest BCUT2D eigenvalue weighted by Gasteiger charge is 2.19. The first-order chi connectivity index (χ1) is 14.5. The van der Waals surface area contributed by atoms with Crippen molar-refractivity contribution in [3.05, 3.63) is 63.7 Å². The van der Waals surface area contributed by atoms with Gasteiger partial charge < -0.3 is 14.8 Å². The number of H-pyrrole nitrogens is 1. The molecule has 30 heavy (non-hydrogen) atoms. The maximum atomic E-state index is 12.6. The zero-order valence-corrected chi connectivity index (χ0v) is 17.9. The van der Waals surface area contributed by atoms with Crippen molar-refractivity contribution in [2.45, 2.75) is 58.2 Å². The molecular weight excluding hydrogens is 380 g/mol. The van der Waals surface area contributed by atoms with Crippen LogP contribution >= 0.6 is 0 Å². The monoisotopic (exact) mass is 410 g/mol. The molecule has 1 aliphatic rings. The van der Waals surface area contributed by atoms with Gasteiger partial charge in [0.25, 0.3) is 5.56 Å². The van der Waals surface area contributed by atoms with Crippen LogP contribution in [0.2, 0.25) is 0 Å². The molecule has 1 fully saturated rings. The summed E-state index contributed by atoms with van der Waals surface area (Å²) in [7, 11) is 0. The van der Waals surface area contributed by atoms with Gasteiger partial charge >= 0.3 is 0 Å². The number of ether oxygens (including phenoxy) is 2. The largest absolute Gasteiger partial charge is 0.491 e. The molecule has 1 aliphatic heterocycles. The Kier molecular flexibility index (Phi) is 6.20. The van der Waals surface area contributed by atoms with Gasteiger partial charge in [0.1, 0.15) is 5.75 Å². The minimum atomic E-state index is -0.0860. The highest BCUT2D eigenvalue weighted by Crippen LogP contribution is 2.26. The second-order valence-corrected chi connectivity index (χ2v) is 8.22. The Morgan fingerprint density at radius 1 is 1.20 bits per heavy atom. The lowest BCUT2D eigenvalue weighted by molar-refractivity contribution is 0.0844. The number of benzene rings is 1. The first kappa shape index (κ1) is 20.6. The molecule has 1 aromatic carbocycles. The Morgan fingerprint density at radius 2 is 1.93 bits per heavy atom. The first-order valence-electron chi connectivity index (χ1n) is 10.7. The van der Waals surface area contributed by atoms with Gasteiger partial charge in [0, 0.05) is 49.5 Å². The van der Waals surface area contributed by atoms with Crippen LogP contribution in [0.4, 0.5) is 0 Å². The Labute approximate surface area is 176 Å². The predicted molar refractivity (Wildman–Crippen MR) is 116 cm³/mol. The standard InChI is InChI=1S/C23H30N4O3/c1-15(2)30-19-6-4-17(5-7-19)14-24-16(3)20-13-23(28)27-22(25-20)12-21(26-27)18-8-10-29-11-9-18/h4-7,12-13,15-16,18,24,26H,8-11,14H2,1-3H3. The van der Waals surface area contributed by atoms with Crippen molar-refractivity contribution in [1.82, 2.24) is 19.9 Å². The van der Waals surface area contributed by atoms with E-state index in [-0.39, 0.29) is 17.7 Å². The van der Waals surface area contributed by atoms with Crippen LogP contribution in [0.5, 0.6) is 5.75 Å². The van der Waals surface area contributed by atoms with Crippen molar-refractivity contribution in [3.8, 4) is 5.75 Å². The fourth-order valence-corrected chi connectivity index (χ4v) is 3.80. The van der Waals surface area contributed by atoms with Crippen molar-refractivity contribution >= 4 is 5.65 Å². The van der Waals surface area contributed by atoms with E-state index in [0.29, 0.717) is 18.1 Å². The lowest BCUT2D eigenvalue weighted by Crippen LogP contribution is -2.23. The summed E-state index contributed by atoms with van der Waals surface area (Å²) in [4.78, 5) is 17.4. The fourth-order valence-electron chi connectivity index (χ4n) is 3.80. The van der Waals surface area contributed by atoms with E-state index in [1.165, 1.54) is 4.52 Å². The summed E-state index contributed by atoms with van der Waals surface area (Å²) in [5.74, 6) is 1.26. The van der Waals surface area contributed by atoms with E-state index >= 15 is 0 Å². The number of hydrogen-bond acceptors (Lipinski definition) is 5. The van der Waals surface area contributed by atoms with Gasteiger partial charge in [-0.15, -0.1) is 0 Å². The number of hydrogen-bond donors (Lipinski definition) is 2. The van der Waals surface area contributed by atoms with Crippen molar-refractivity contribution in [2.75, 3.05) is 13.2 Å². The zero-order valence-electron chi connectivity index (χ0n) is 17.9. The van der Waals surface area contributed by atoms with Crippen LogP contribution in [0.3, 0.4) is 0 Å². The van der Waals surface area contributed by atoms with Gasteiger partial charge in [-0.25, -0.2) is 9.50 Å². The van der Waals surface area contributed by atoms with Crippen LogP contribution < -0.4 is 15.6 Å². The Bertz CT molecular complexity index is 1030. The summed E-state index contributed by atoms with van der Waals surface area (Å²) in [6.45, 7) is 8.27. The van der Waals surface area contributed by atoms with Crippen LogP contribution in [0.1, 0.15) is 62.5 Å². The second kappa shape index (κ2) is 9.02. The maximum absolute atomic E-state index is 12.6. The zero-order chi connectivity index (χ0) is 21.1. The molecular formula is C23H30N4O3. The van der Waals surface area contributed by atoms with Crippen LogP contribution in [0, 0.1) is 0 Å². The first-order valence-corrected chi connectivity index (χ1v) is 10.7. The van der Waals surface area contributed by atoms with E-state index in [4.69, 9.17) is 14.5 Å². The van der Waals surface area contributed by atoms with Gasteiger partial charge in [0.2, 0.25) is 0 Å². The van der Waals surface area contributed by atoms with Crippen molar-refractivity contribution in [2.24, 2.45) is 0 Å². The normalized spacial score (nSPS) is 16.3. The molecule has 0 bridgehead atoms. The molecule has 1 unspecified atom stereocenters. The number of rotatable bonds is 7. The summed E-state index contributed by atoms with van der Waals surface area (Å²) in [6, 6.07) is 11.6. The Morgan fingerprint density at radius 3 is 2.63 bits per heavy atom. The molecule has 0 aliphatic carbocycles. The van der Waals surface area contributed by atoms with E-state index in [0.717, 1.165) is 48.8 Å². The minimum absolute atomic E-state index is 0.0456. The molecule has 2 aromatic heterocycles. The summed E-state index contributed by atoms with van der Waals surface area (Å²) in [5, 5.41) is 6.69. The van der Waals surface area contributed by atoms with Gasteiger partial charge in [-0.1, -0.05) is 12.1 Å². The highest BCUT2D eigenvalue weighted by molar-refractivity contribution is 5.41. The molecule has 7 heteroatoms. The van der Waals surface area contributed by atoms with Crippen LogP contribution in [-0.4, -0.2) is 33.9 Å². The van der Waals surface area contributed by atoms with Crippen LogP contribution in [-0.2, 0) is 11.3 Å². The summed E-state index contributed by atoms with van der Waals surface area (Å²) < 4.78 is 12.7. The minimum Gasteiger partial charge on any atom is -0.491 e. The SMILES string of the molecule is CC(C)Oc1ccc(CNC(C)c2cc(=O)n3[nH]c(C4CCOCC4)cc3n2)cc1. The van der Waals surface area contributed by atoms with E-state index in [1.807, 2.05) is 39.0 Å². The third kappa shape index (κ3) is 4.74. The maximum Gasteiger partial charge on any atom is 0.272 e. The van der Waals surface area contributed by atoms with E-state index in [9.17, 15) is 4.79 Å². The van der Waals surface area contributed by atoms with Crippen LogP contribution in [0.15, 0.2) is 41.2 Å². The third-order valence-corrected chi connectivity index (χ3v) is 5.50. The van der Waals surface area contributed by atoms with Gasteiger partial charge in [-0.3, -0.25) is 9.89 Å². The lowest BCUT2D eigenvalue weighted by atomic mass is 9.97. The number of fused-ring (bicyclic) bond motifs is 1. The van der Waals surface area contributed by atoms with Gasteiger partial charge in [0.15, 0.2) is 5.65 Å². The molecule has 1 saturated heterocycles. The molecule has 160 valence electrons. The average molecular weight is 411 g/mol.